The highest BCUT2D eigenvalue weighted by Crippen LogP contribution is 2.53. The Hall–Kier alpha value is -2.95. The number of carbonyl (C=O) groups is 1. The Morgan fingerprint density at radius 2 is 1.92 bits per heavy atom. The molecule has 4 rings (SSSR count). The van der Waals surface area contributed by atoms with E-state index in [2.05, 4.69) is 53.8 Å². The van der Waals surface area contributed by atoms with E-state index in [4.69, 9.17) is 13.9 Å². The monoisotopic (exact) mass is 557 g/mol. The van der Waals surface area contributed by atoms with E-state index in [1.807, 2.05) is 6.92 Å². The standard InChI is InChI=1S/C29H40FN5O3S/c1-20-7-8-23(30)15-22(20)18-32-24-16-21(28(36)31-9-12-38-39(5,6)29(2,3)4)17-25-27(24)34-26(19-33-25)35-10-13-37-14-11-35/h7-8,15-17,19,32H,9-14,18H2,1-6H3,(H,31,36). The third-order valence-electron chi connectivity index (χ3n) is 7.25. The van der Waals surface area contributed by atoms with E-state index in [1.54, 1.807) is 24.4 Å². The van der Waals surface area contributed by atoms with Crippen LogP contribution in [0, 0.1) is 12.7 Å². The molecule has 8 nitrogen and oxygen atoms in total. The first-order valence-electron chi connectivity index (χ1n) is 13.2. The molecule has 1 saturated heterocycles. The van der Waals surface area contributed by atoms with Gasteiger partial charge in [-0.05, 0) is 54.8 Å². The fourth-order valence-electron chi connectivity index (χ4n) is 4.03. The van der Waals surface area contributed by atoms with Gasteiger partial charge in [0.25, 0.3) is 5.91 Å². The largest absolute Gasteiger partial charge is 0.379 e. The van der Waals surface area contributed by atoms with Gasteiger partial charge in [-0.15, -0.1) is 10.3 Å². The number of nitrogens with zero attached hydrogens (tertiary/aromatic N) is 3. The van der Waals surface area contributed by atoms with Crippen molar-refractivity contribution < 1.29 is 18.1 Å². The third kappa shape index (κ3) is 7.17. The summed E-state index contributed by atoms with van der Waals surface area (Å²) in [4.78, 5) is 24.8. The zero-order chi connectivity index (χ0) is 28.2. The number of aromatic nitrogens is 2. The van der Waals surface area contributed by atoms with Crippen LogP contribution >= 0.6 is 10.3 Å². The average molecular weight is 558 g/mol. The Bertz CT molecular complexity index is 1320. The van der Waals surface area contributed by atoms with Crippen molar-refractivity contribution in [1.82, 2.24) is 15.3 Å². The topological polar surface area (TPSA) is 88.6 Å². The second-order valence-corrected chi connectivity index (χ2v) is 15.0. The van der Waals surface area contributed by atoms with Gasteiger partial charge in [0.05, 0.1) is 37.2 Å². The van der Waals surface area contributed by atoms with E-state index in [-0.39, 0.29) is 16.5 Å². The molecule has 0 aliphatic carbocycles. The van der Waals surface area contributed by atoms with Crippen LogP contribution in [-0.2, 0) is 15.5 Å². The Morgan fingerprint density at radius 3 is 2.64 bits per heavy atom. The van der Waals surface area contributed by atoms with Gasteiger partial charge in [0.1, 0.15) is 17.2 Å². The number of ether oxygens (including phenoxy) is 1. The van der Waals surface area contributed by atoms with Crippen molar-refractivity contribution in [1.29, 1.82) is 0 Å². The second kappa shape index (κ2) is 12.1. The number of amides is 1. The minimum atomic E-state index is -1.27. The molecule has 1 amide bonds. The molecule has 2 aromatic carbocycles. The fraction of sp³-hybridized carbons (Fsp3) is 0.483. The van der Waals surface area contributed by atoms with Gasteiger partial charge in [-0.2, -0.15) is 0 Å². The third-order valence-corrected chi connectivity index (χ3v) is 11.0. The van der Waals surface area contributed by atoms with Crippen molar-refractivity contribution in [2.75, 3.05) is 62.2 Å². The number of halogens is 1. The molecule has 1 fully saturated rings. The number of hydrogen-bond acceptors (Lipinski definition) is 7. The van der Waals surface area contributed by atoms with Crippen LogP contribution < -0.4 is 15.5 Å². The summed E-state index contributed by atoms with van der Waals surface area (Å²) in [5.74, 6) is 0.255. The van der Waals surface area contributed by atoms with Gasteiger partial charge in [0.2, 0.25) is 0 Å². The number of nitrogens with one attached hydrogen (secondary N) is 2. The Balaban J connectivity index is 1.57. The zero-order valence-corrected chi connectivity index (χ0v) is 24.6. The minimum absolute atomic E-state index is 0.0503. The second-order valence-electron chi connectivity index (χ2n) is 11.1. The molecule has 1 aliphatic heterocycles. The van der Waals surface area contributed by atoms with E-state index in [0.29, 0.717) is 55.2 Å². The molecule has 212 valence electrons. The molecule has 3 aromatic rings. The lowest BCUT2D eigenvalue weighted by atomic mass is 10.1. The molecule has 2 N–H and O–H groups in total. The average Bonchev–Trinajstić information content (AvgIpc) is 2.90. The van der Waals surface area contributed by atoms with Gasteiger partial charge >= 0.3 is 0 Å². The molecule has 0 radical (unpaired) electrons. The van der Waals surface area contributed by atoms with Crippen molar-refractivity contribution >= 4 is 38.8 Å². The summed E-state index contributed by atoms with van der Waals surface area (Å²) in [5.41, 5.74) is 4.20. The van der Waals surface area contributed by atoms with Gasteiger partial charge in [-0.25, -0.2) is 9.37 Å². The molecule has 39 heavy (non-hydrogen) atoms. The molecule has 0 spiro atoms. The number of benzene rings is 2. The Morgan fingerprint density at radius 1 is 1.18 bits per heavy atom. The summed E-state index contributed by atoms with van der Waals surface area (Å²) in [5, 5.41) is 6.36. The summed E-state index contributed by atoms with van der Waals surface area (Å²) < 4.78 is 25.6. The highest BCUT2D eigenvalue weighted by atomic mass is 32.3. The summed E-state index contributed by atoms with van der Waals surface area (Å²) in [6.07, 6.45) is 6.02. The lowest BCUT2D eigenvalue weighted by Crippen LogP contribution is -2.36. The highest BCUT2D eigenvalue weighted by molar-refractivity contribution is 8.29. The molecule has 0 saturated carbocycles. The first kappa shape index (κ1) is 29.0. The van der Waals surface area contributed by atoms with Gasteiger partial charge in [0, 0.05) is 36.5 Å². The van der Waals surface area contributed by atoms with Crippen molar-refractivity contribution in [2.24, 2.45) is 0 Å². The molecule has 2 heterocycles. The fourth-order valence-corrected chi connectivity index (χ4v) is 4.88. The molecular formula is C29H40FN5O3S. The van der Waals surface area contributed by atoms with E-state index in [9.17, 15) is 9.18 Å². The highest BCUT2D eigenvalue weighted by Gasteiger charge is 2.28. The van der Waals surface area contributed by atoms with Crippen LogP contribution in [0.15, 0.2) is 36.5 Å². The summed E-state index contributed by atoms with van der Waals surface area (Å²) in [7, 11) is -1.27. The van der Waals surface area contributed by atoms with Crippen LogP contribution in [0.5, 0.6) is 0 Å². The van der Waals surface area contributed by atoms with E-state index in [1.165, 1.54) is 12.1 Å². The molecule has 1 aliphatic rings. The molecular weight excluding hydrogens is 517 g/mol. The molecule has 0 atom stereocenters. The smallest absolute Gasteiger partial charge is 0.251 e. The molecule has 0 bridgehead atoms. The van der Waals surface area contributed by atoms with Crippen LogP contribution in [0.4, 0.5) is 15.9 Å². The number of aryl methyl sites for hydroxylation is 1. The Labute approximate surface area is 232 Å². The minimum Gasteiger partial charge on any atom is -0.379 e. The molecule has 1 aromatic heterocycles. The first-order chi connectivity index (χ1) is 18.4. The normalized spacial score (nSPS) is 14.9. The first-order valence-corrected chi connectivity index (χ1v) is 15.6. The number of anilines is 2. The number of carbonyl (C=O) groups excluding carboxylic acids is 1. The van der Waals surface area contributed by atoms with Crippen molar-refractivity contribution in [3.05, 3.63) is 59.0 Å². The Kier molecular flexibility index (Phi) is 8.98. The van der Waals surface area contributed by atoms with Crippen molar-refractivity contribution in [3.8, 4) is 0 Å². The maximum Gasteiger partial charge on any atom is 0.251 e. The summed E-state index contributed by atoms with van der Waals surface area (Å²) in [6, 6.07) is 8.27. The van der Waals surface area contributed by atoms with Crippen LogP contribution in [-0.4, -0.2) is 72.6 Å². The summed E-state index contributed by atoms with van der Waals surface area (Å²) >= 11 is 0. The van der Waals surface area contributed by atoms with Crippen LogP contribution in [0.1, 0.15) is 42.3 Å². The lowest BCUT2D eigenvalue weighted by molar-refractivity contribution is 0.0948. The van der Waals surface area contributed by atoms with Gasteiger partial charge in [0.15, 0.2) is 0 Å². The van der Waals surface area contributed by atoms with E-state index >= 15 is 0 Å². The van der Waals surface area contributed by atoms with Crippen LogP contribution in [0.25, 0.3) is 11.0 Å². The SMILES string of the molecule is Cc1ccc(F)cc1CNc1cc(C(=O)NCCOS(C)(C)C(C)(C)C)cc2ncc(N3CCOCC3)nc12. The predicted octanol–water partition coefficient (Wildman–Crippen LogP) is 5.05. The molecule has 0 unspecified atom stereocenters. The zero-order valence-electron chi connectivity index (χ0n) is 23.8. The molecule has 10 heteroatoms. The van der Waals surface area contributed by atoms with Crippen LogP contribution in [0.2, 0.25) is 0 Å². The van der Waals surface area contributed by atoms with Gasteiger partial charge in [-0.1, -0.05) is 26.8 Å². The van der Waals surface area contributed by atoms with Crippen molar-refractivity contribution in [3.63, 3.8) is 0 Å². The quantitative estimate of drug-likeness (QED) is 0.356. The van der Waals surface area contributed by atoms with E-state index < -0.39 is 10.3 Å². The van der Waals surface area contributed by atoms with Gasteiger partial charge < -0.3 is 24.5 Å². The van der Waals surface area contributed by atoms with Gasteiger partial charge in [-0.3, -0.25) is 9.78 Å². The summed E-state index contributed by atoms with van der Waals surface area (Å²) in [6.45, 7) is 12.4. The number of fused-ring (bicyclic) bond motifs is 1. The van der Waals surface area contributed by atoms with Crippen LogP contribution in [0.3, 0.4) is 0 Å². The lowest BCUT2D eigenvalue weighted by Gasteiger charge is -2.43. The number of morpholine rings is 1. The van der Waals surface area contributed by atoms with E-state index in [0.717, 1.165) is 30.0 Å². The predicted molar refractivity (Wildman–Crippen MR) is 159 cm³/mol. The number of hydrogen-bond donors (Lipinski definition) is 2. The maximum absolute atomic E-state index is 13.9. The maximum atomic E-state index is 13.9. The number of rotatable bonds is 9. The van der Waals surface area contributed by atoms with Crippen molar-refractivity contribution in [2.45, 2.75) is 39.0 Å².